The minimum absolute atomic E-state index is 0. The zero-order chi connectivity index (χ0) is 11.9. The maximum absolute atomic E-state index is 5.03. The molecule has 3 nitrogen and oxygen atoms in total. The van der Waals surface area contributed by atoms with Crippen molar-refractivity contribution in [2.45, 2.75) is 32.6 Å². The Morgan fingerprint density at radius 2 is 1.56 bits per heavy atom. The van der Waals surface area contributed by atoms with E-state index in [-0.39, 0.29) is 35.6 Å². The van der Waals surface area contributed by atoms with Crippen LogP contribution in [0, 0.1) is 48.4 Å². The van der Waals surface area contributed by atoms with Crippen LogP contribution in [0.3, 0.4) is 0 Å². The van der Waals surface area contributed by atoms with Gasteiger partial charge in [-0.25, -0.2) is 0 Å². The molecule has 0 amide bonds. The van der Waals surface area contributed by atoms with Crippen LogP contribution in [-0.2, 0) is 4.74 Å². The predicted octanol–water partition coefficient (Wildman–Crippen LogP) is 3.61. The molecule has 0 aromatic carbocycles. The molecule has 1 aliphatic carbocycles. The number of ether oxygens (including phenoxy) is 1. The molecule has 0 aromatic rings. The molecule has 16 heavy (non-hydrogen) atoms. The number of rotatable bonds is 4. The standard InChI is InChI=1S/C7H14O.C3H8N2.C2H5.La/c1-8-6-7-4-2-3-5-7;1-4-3-5-2;1-2;/h7H,2-6H2,1H3;3H2,1-2H3;1H2,2H3;/q;-2;-1;+3. The smallest absolute Gasteiger partial charge is 0.683 e. The van der Waals surface area contributed by atoms with E-state index in [0.717, 1.165) is 12.5 Å². The Balaban J connectivity index is -0.000000187. The molecule has 0 spiro atoms. The first-order valence-electron chi connectivity index (χ1n) is 5.66. The summed E-state index contributed by atoms with van der Waals surface area (Å²) >= 11 is 0. The van der Waals surface area contributed by atoms with Gasteiger partial charge in [0.2, 0.25) is 0 Å². The summed E-state index contributed by atoms with van der Waals surface area (Å²) in [5.74, 6) is 0.889. The van der Waals surface area contributed by atoms with E-state index in [1.807, 2.05) is 0 Å². The van der Waals surface area contributed by atoms with Gasteiger partial charge in [-0.3, -0.25) is 6.67 Å². The summed E-state index contributed by atoms with van der Waals surface area (Å²) in [6, 6.07) is 0. The van der Waals surface area contributed by atoms with Crippen molar-refractivity contribution in [3.8, 4) is 0 Å². The first kappa shape index (κ1) is 22.3. The number of nitrogens with zero attached hydrogens (tertiary/aromatic N) is 2. The monoisotopic (exact) mass is 354 g/mol. The molecule has 0 aliphatic heterocycles. The second-order valence-electron chi connectivity index (χ2n) is 3.38. The van der Waals surface area contributed by atoms with Crippen LogP contribution in [0.5, 0.6) is 0 Å². The van der Waals surface area contributed by atoms with Gasteiger partial charge in [-0.1, -0.05) is 12.8 Å². The van der Waals surface area contributed by atoms with Gasteiger partial charge in [-0.05, 0) is 18.8 Å². The molecule has 94 valence electrons. The van der Waals surface area contributed by atoms with Crippen molar-refractivity contribution in [1.82, 2.24) is 0 Å². The van der Waals surface area contributed by atoms with Gasteiger partial charge < -0.3 is 22.3 Å². The van der Waals surface area contributed by atoms with E-state index in [2.05, 4.69) is 17.6 Å². The van der Waals surface area contributed by atoms with Gasteiger partial charge in [-0.15, -0.1) is 0 Å². The molecule has 1 fully saturated rings. The van der Waals surface area contributed by atoms with Crippen LogP contribution in [0.2, 0.25) is 0 Å². The van der Waals surface area contributed by atoms with Gasteiger partial charge in [-0.2, -0.15) is 21.0 Å². The first-order valence-corrected chi connectivity index (χ1v) is 5.66. The second-order valence-corrected chi connectivity index (χ2v) is 3.38. The molecule has 0 bridgehead atoms. The third-order valence-corrected chi connectivity index (χ3v) is 2.16. The predicted molar refractivity (Wildman–Crippen MR) is 68.3 cm³/mol. The van der Waals surface area contributed by atoms with E-state index < -0.39 is 0 Å². The zero-order valence-corrected chi connectivity index (χ0v) is 15.0. The summed E-state index contributed by atoms with van der Waals surface area (Å²) in [5.41, 5.74) is 0. The van der Waals surface area contributed by atoms with Crippen LogP contribution >= 0.6 is 0 Å². The minimum Gasteiger partial charge on any atom is -0.683 e. The Kier molecular flexibility index (Phi) is 29.7. The largest absolute Gasteiger partial charge is 3.00 e. The fraction of sp³-hybridized carbons (Fsp3) is 0.917. The summed E-state index contributed by atoms with van der Waals surface area (Å²) in [7, 11) is 5.28. The van der Waals surface area contributed by atoms with Crippen LogP contribution < -0.4 is 0 Å². The van der Waals surface area contributed by atoms with Crippen molar-refractivity contribution in [3.05, 3.63) is 17.6 Å². The van der Waals surface area contributed by atoms with Crippen molar-refractivity contribution in [2.24, 2.45) is 5.92 Å². The van der Waals surface area contributed by atoms with E-state index in [1.54, 1.807) is 28.1 Å². The van der Waals surface area contributed by atoms with Gasteiger partial charge in [0, 0.05) is 13.7 Å². The Labute approximate surface area is 130 Å². The normalized spacial score (nSPS) is 14.1. The van der Waals surface area contributed by atoms with Crippen molar-refractivity contribution in [3.63, 3.8) is 0 Å². The summed E-state index contributed by atoms with van der Waals surface area (Å²) in [6.45, 7) is 6.62. The van der Waals surface area contributed by atoms with E-state index >= 15 is 0 Å². The van der Waals surface area contributed by atoms with E-state index in [9.17, 15) is 0 Å². The van der Waals surface area contributed by atoms with Crippen molar-refractivity contribution in [1.29, 1.82) is 0 Å². The summed E-state index contributed by atoms with van der Waals surface area (Å²) in [5, 5.41) is 7.38. The minimum atomic E-state index is 0. The zero-order valence-electron chi connectivity index (χ0n) is 11.4. The maximum atomic E-state index is 5.03. The van der Waals surface area contributed by atoms with E-state index in [4.69, 9.17) is 4.74 Å². The van der Waals surface area contributed by atoms with Crippen molar-refractivity contribution >= 4 is 0 Å². The van der Waals surface area contributed by atoms with Gasteiger partial charge >= 0.3 is 35.6 Å². The molecular formula is C12H27LaN2O. The first-order chi connectivity index (χ1) is 7.35. The molecule has 0 saturated heterocycles. The second kappa shape index (κ2) is 21.4. The van der Waals surface area contributed by atoms with Crippen molar-refractivity contribution in [2.75, 3.05) is 34.5 Å². The summed E-state index contributed by atoms with van der Waals surface area (Å²) in [4.78, 5) is 0. The third-order valence-electron chi connectivity index (χ3n) is 2.16. The molecule has 0 N–H and O–H groups in total. The molecule has 1 rings (SSSR count). The van der Waals surface area contributed by atoms with Crippen LogP contribution in [0.25, 0.3) is 10.6 Å². The molecule has 0 unspecified atom stereocenters. The fourth-order valence-electron chi connectivity index (χ4n) is 1.55. The number of methoxy groups -OCH3 is 1. The molecule has 1 saturated carbocycles. The van der Waals surface area contributed by atoms with Gasteiger partial charge in [0.05, 0.1) is 0 Å². The van der Waals surface area contributed by atoms with E-state index in [1.165, 1.54) is 25.7 Å². The number of hydrogen-bond donors (Lipinski definition) is 0. The average molecular weight is 354 g/mol. The SMILES string of the molecule is COCC1CCCC1.C[N-]C[N-]C.[CH2-]C.[La+3]. The molecule has 4 heteroatoms. The summed E-state index contributed by atoms with van der Waals surface area (Å²) < 4.78 is 5.03. The topological polar surface area (TPSA) is 37.4 Å². The molecule has 0 atom stereocenters. The third kappa shape index (κ3) is 17.5. The molecular weight excluding hydrogens is 327 g/mol. The molecule has 1 aliphatic rings. The van der Waals surface area contributed by atoms with E-state index in [0.29, 0.717) is 6.67 Å². The Morgan fingerprint density at radius 1 is 1.12 bits per heavy atom. The Hall–Kier alpha value is 1.07. The average Bonchev–Trinajstić information content (AvgIpc) is 2.76. The van der Waals surface area contributed by atoms with Crippen molar-refractivity contribution < 1.29 is 40.3 Å². The van der Waals surface area contributed by atoms with Crippen LogP contribution in [0.15, 0.2) is 0 Å². The summed E-state index contributed by atoms with van der Waals surface area (Å²) in [6.07, 6.45) is 5.64. The molecule has 0 heterocycles. The Bertz CT molecular complexity index is 97.0. The van der Waals surface area contributed by atoms with Crippen LogP contribution in [0.4, 0.5) is 0 Å². The molecule has 0 radical (unpaired) electrons. The quantitative estimate of drug-likeness (QED) is 0.711. The van der Waals surface area contributed by atoms with Crippen LogP contribution in [0.1, 0.15) is 32.6 Å². The fourth-order valence-corrected chi connectivity index (χ4v) is 1.55. The molecule has 0 aromatic heterocycles. The van der Waals surface area contributed by atoms with Crippen LogP contribution in [-0.4, -0.2) is 34.5 Å². The number of hydrogen-bond acceptors (Lipinski definition) is 1. The van der Waals surface area contributed by atoms with Gasteiger partial charge in [0.15, 0.2) is 0 Å². The Morgan fingerprint density at radius 3 is 1.81 bits per heavy atom. The van der Waals surface area contributed by atoms with Gasteiger partial charge in [0.1, 0.15) is 0 Å². The van der Waals surface area contributed by atoms with Gasteiger partial charge in [0.25, 0.3) is 0 Å². The maximum Gasteiger partial charge on any atom is 3.00 e.